The summed E-state index contributed by atoms with van der Waals surface area (Å²) in [5.74, 6) is 2.40. The summed E-state index contributed by atoms with van der Waals surface area (Å²) in [4.78, 5) is 23.0. The van der Waals surface area contributed by atoms with E-state index < -0.39 is 0 Å². The molecule has 3 rings (SSSR count). The highest BCUT2D eigenvalue weighted by Gasteiger charge is 2.13. The van der Waals surface area contributed by atoms with Gasteiger partial charge in [0.05, 0.1) is 6.61 Å². The first-order valence-corrected chi connectivity index (χ1v) is 9.08. The van der Waals surface area contributed by atoms with E-state index in [1.54, 1.807) is 30.6 Å². The van der Waals surface area contributed by atoms with E-state index in [1.165, 1.54) is 12.8 Å². The van der Waals surface area contributed by atoms with Gasteiger partial charge in [0, 0.05) is 37.8 Å². The average Bonchev–Trinajstić information content (AvgIpc) is 3.21. The third-order valence-corrected chi connectivity index (χ3v) is 4.23. The molecule has 138 valence electrons. The van der Waals surface area contributed by atoms with Crippen molar-refractivity contribution in [1.29, 1.82) is 0 Å². The zero-order valence-corrected chi connectivity index (χ0v) is 15.1. The highest BCUT2D eigenvalue weighted by Crippen LogP contribution is 2.19. The molecule has 0 unspecified atom stereocenters. The van der Waals surface area contributed by atoms with Gasteiger partial charge in [0.25, 0.3) is 5.91 Å². The summed E-state index contributed by atoms with van der Waals surface area (Å²) in [6.07, 6.45) is 4.00. The molecule has 1 aromatic heterocycles. The number of rotatable bonds is 8. The number of nitrogens with zero attached hydrogens (tertiary/aromatic N) is 3. The van der Waals surface area contributed by atoms with Crippen LogP contribution in [0, 0.1) is 0 Å². The minimum Gasteiger partial charge on any atom is -0.494 e. The van der Waals surface area contributed by atoms with Gasteiger partial charge in [-0.25, -0.2) is 9.97 Å². The van der Waals surface area contributed by atoms with E-state index in [0.29, 0.717) is 25.3 Å². The van der Waals surface area contributed by atoms with Gasteiger partial charge < -0.3 is 20.3 Å². The molecule has 26 heavy (non-hydrogen) atoms. The lowest BCUT2D eigenvalue weighted by molar-refractivity contribution is 0.0955. The van der Waals surface area contributed by atoms with Gasteiger partial charge in [0.1, 0.15) is 23.7 Å². The molecule has 0 atom stereocenters. The lowest BCUT2D eigenvalue weighted by atomic mass is 10.2. The standard InChI is InChI=1S/C19H25N5O2/c1-2-26-16-7-5-15(6-8-16)19(25)21-10-9-20-17-13-18(23-14-22-17)24-11-3-4-12-24/h5-8,13-14H,2-4,9-12H2,1H3,(H,21,25)(H,20,22,23). The molecular weight excluding hydrogens is 330 g/mol. The fourth-order valence-electron chi connectivity index (χ4n) is 2.90. The summed E-state index contributed by atoms with van der Waals surface area (Å²) in [5, 5.41) is 6.12. The molecule has 0 saturated carbocycles. The van der Waals surface area contributed by atoms with Crippen LogP contribution in [0.4, 0.5) is 11.6 Å². The molecule has 1 aromatic carbocycles. The van der Waals surface area contributed by atoms with Crippen molar-refractivity contribution in [2.45, 2.75) is 19.8 Å². The van der Waals surface area contributed by atoms with E-state index in [4.69, 9.17) is 4.74 Å². The van der Waals surface area contributed by atoms with Crippen LogP contribution < -0.4 is 20.3 Å². The molecule has 1 saturated heterocycles. The van der Waals surface area contributed by atoms with Crippen LogP contribution in [-0.4, -0.2) is 48.7 Å². The van der Waals surface area contributed by atoms with E-state index in [0.717, 1.165) is 30.5 Å². The second-order valence-corrected chi connectivity index (χ2v) is 6.10. The number of hydrogen-bond acceptors (Lipinski definition) is 6. The average molecular weight is 355 g/mol. The summed E-state index contributed by atoms with van der Waals surface area (Å²) in [6, 6.07) is 9.09. The zero-order chi connectivity index (χ0) is 18.2. The fourth-order valence-corrected chi connectivity index (χ4v) is 2.90. The monoisotopic (exact) mass is 355 g/mol. The summed E-state index contributed by atoms with van der Waals surface area (Å²) < 4.78 is 5.38. The Balaban J connectivity index is 1.43. The van der Waals surface area contributed by atoms with Crippen LogP contribution in [0.1, 0.15) is 30.1 Å². The number of anilines is 2. The van der Waals surface area contributed by atoms with Crippen LogP contribution in [0.15, 0.2) is 36.7 Å². The van der Waals surface area contributed by atoms with Crippen molar-refractivity contribution in [2.24, 2.45) is 0 Å². The van der Waals surface area contributed by atoms with E-state index in [1.807, 2.05) is 13.0 Å². The molecule has 2 aromatic rings. The minimum absolute atomic E-state index is 0.102. The zero-order valence-electron chi connectivity index (χ0n) is 15.1. The van der Waals surface area contributed by atoms with Gasteiger partial charge in [0.2, 0.25) is 0 Å². The molecule has 0 spiro atoms. The highest BCUT2D eigenvalue weighted by molar-refractivity contribution is 5.94. The summed E-state index contributed by atoms with van der Waals surface area (Å²) in [6.45, 7) is 5.75. The van der Waals surface area contributed by atoms with Gasteiger partial charge in [-0.15, -0.1) is 0 Å². The normalized spacial score (nSPS) is 13.5. The van der Waals surface area contributed by atoms with Crippen molar-refractivity contribution >= 4 is 17.5 Å². The van der Waals surface area contributed by atoms with Gasteiger partial charge in [-0.3, -0.25) is 4.79 Å². The Bertz CT molecular complexity index is 714. The van der Waals surface area contributed by atoms with Gasteiger partial charge in [-0.1, -0.05) is 0 Å². The fraction of sp³-hybridized carbons (Fsp3) is 0.421. The number of nitrogens with one attached hydrogen (secondary N) is 2. The predicted octanol–water partition coefficient (Wildman–Crippen LogP) is 2.32. The molecule has 1 amide bonds. The van der Waals surface area contributed by atoms with Crippen LogP contribution in [0.3, 0.4) is 0 Å². The van der Waals surface area contributed by atoms with Crippen molar-refractivity contribution < 1.29 is 9.53 Å². The predicted molar refractivity (Wildman–Crippen MR) is 102 cm³/mol. The maximum atomic E-state index is 12.1. The third-order valence-electron chi connectivity index (χ3n) is 4.23. The summed E-state index contributed by atoms with van der Waals surface area (Å²) in [7, 11) is 0. The molecule has 0 radical (unpaired) electrons. The van der Waals surface area contributed by atoms with Crippen LogP contribution in [0.25, 0.3) is 0 Å². The lowest BCUT2D eigenvalue weighted by Crippen LogP contribution is -2.29. The van der Waals surface area contributed by atoms with Gasteiger partial charge in [-0.2, -0.15) is 0 Å². The number of hydrogen-bond donors (Lipinski definition) is 2. The molecule has 2 N–H and O–H groups in total. The molecule has 7 heteroatoms. The number of benzene rings is 1. The second-order valence-electron chi connectivity index (χ2n) is 6.10. The number of carbonyl (C=O) groups excluding carboxylic acids is 1. The van der Waals surface area contributed by atoms with E-state index in [2.05, 4.69) is 25.5 Å². The third kappa shape index (κ3) is 4.84. The van der Waals surface area contributed by atoms with Crippen LogP contribution in [0.2, 0.25) is 0 Å². The SMILES string of the molecule is CCOc1ccc(C(=O)NCCNc2cc(N3CCCC3)ncn2)cc1. The van der Waals surface area contributed by atoms with E-state index in [9.17, 15) is 4.79 Å². The number of carbonyl (C=O) groups is 1. The first-order chi connectivity index (χ1) is 12.8. The molecule has 0 aliphatic carbocycles. The number of amides is 1. The second kappa shape index (κ2) is 9.03. The topological polar surface area (TPSA) is 79.4 Å². The quantitative estimate of drug-likeness (QED) is 0.708. The first-order valence-electron chi connectivity index (χ1n) is 9.08. The molecule has 7 nitrogen and oxygen atoms in total. The van der Waals surface area contributed by atoms with Gasteiger partial charge in [-0.05, 0) is 44.0 Å². The van der Waals surface area contributed by atoms with Crippen molar-refractivity contribution in [2.75, 3.05) is 43.0 Å². The molecular formula is C19H25N5O2. The van der Waals surface area contributed by atoms with Crippen molar-refractivity contribution in [3.63, 3.8) is 0 Å². The van der Waals surface area contributed by atoms with E-state index in [-0.39, 0.29) is 5.91 Å². The first kappa shape index (κ1) is 18.0. The van der Waals surface area contributed by atoms with Crippen molar-refractivity contribution in [3.05, 3.63) is 42.2 Å². The highest BCUT2D eigenvalue weighted by atomic mass is 16.5. The van der Waals surface area contributed by atoms with Gasteiger partial charge >= 0.3 is 0 Å². The Morgan fingerprint density at radius 1 is 1.15 bits per heavy atom. The molecule has 2 heterocycles. The maximum Gasteiger partial charge on any atom is 0.251 e. The van der Waals surface area contributed by atoms with Gasteiger partial charge in [0.15, 0.2) is 0 Å². The molecule has 1 aliphatic heterocycles. The Kier molecular flexibility index (Phi) is 6.24. The Hall–Kier alpha value is -2.83. The molecule has 1 aliphatic rings. The van der Waals surface area contributed by atoms with Crippen molar-refractivity contribution in [3.8, 4) is 5.75 Å². The Morgan fingerprint density at radius 3 is 2.65 bits per heavy atom. The summed E-state index contributed by atoms with van der Waals surface area (Å²) >= 11 is 0. The van der Waals surface area contributed by atoms with E-state index >= 15 is 0 Å². The number of ether oxygens (including phenoxy) is 1. The molecule has 0 bridgehead atoms. The smallest absolute Gasteiger partial charge is 0.251 e. The summed E-state index contributed by atoms with van der Waals surface area (Å²) in [5.41, 5.74) is 0.617. The van der Waals surface area contributed by atoms with Crippen molar-refractivity contribution in [1.82, 2.24) is 15.3 Å². The minimum atomic E-state index is -0.102. The Labute approximate surface area is 153 Å². The van der Waals surface area contributed by atoms with Crippen LogP contribution in [0.5, 0.6) is 5.75 Å². The van der Waals surface area contributed by atoms with Crippen LogP contribution >= 0.6 is 0 Å². The lowest BCUT2D eigenvalue weighted by Gasteiger charge is -2.16. The largest absolute Gasteiger partial charge is 0.494 e. The Morgan fingerprint density at radius 2 is 1.92 bits per heavy atom. The molecule has 1 fully saturated rings. The number of aromatic nitrogens is 2. The van der Waals surface area contributed by atoms with Crippen LogP contribution in [-0.2, 0) is 0 Å². The maximum absolute atomic E-state index is 12.1.